The Morgan fingerprint density at radius 1 is 1.22 bits per heavy atom. The predicted molar refractivity (Wildman–Crippen MR) is 84.2 cm³/mol. The maximum Gasteiger partial charge on any atom is 0.354 e. The number of aromatic nitrogens is 1. The molecule has 0 unspecified atom stereocenters. The summed E-state index contributed by atoms with van der Waals surface area (Å²) in [4.78, 5) is 28.8. The number of rotatable bonds is 4. The topological polar surface area (TPSA) is 105 Å². The van der Waals surface area contributed by atoms with E-state index in [-0.39, 0.29) is 11.4 Å². The number of carboxylic acid groups (broad SMARTS) is 1. The van der Waals surface area contributed by atoms with Crippen molar-refractivity contribution >= 4 is 21.7 Å². The second-order valence-corrected chi connectivity index (χ2v) is 8.11. The molecule has 0 aromatic carbocycles. The molecule has 126 valence electrons. The lowest BCUT2D eigenvalue weighted by molar-refractivity contribution is 0.0685. The van der Waals surface area contributed by atoms with Crippen molar-refractivity contribution in [2.24, 2.45) is 0 Å². The molecule has 0 aliphatic heterocycles. The van der Waals surface area contributed by atoms with Crippen LogP contribution in [0.5, 0.6) is 0 Å². The quantitative estimate of drug-likeness (QED) is 0.883. The summed E-state index contributed by atoms with van der Waals surface area (Å²) in [5.74, 6) is -1.68. The molecule has 1 amide bonds. The number of carbonyl (C=O) groups is 2. The molecule has 2 atom stereocenters. The van der Waals surface area contributed by atoms with E-state index >= 15 is 0 Å². The van der Waals surface area contributed by atoms with Gasteiger partial charge < -0.3 is 10.0 Å². The fourth-order valence-corrected chi connectivity index (χ4v) is 4.51. The normalized spacial score (nSPS) is 21.7. The van der Waals surface area contributed by atoms with Crippen LogP contribution in [0.4, 0.5) is 0 Å². The summed E-state index contributed by atoms with van der Waals surface area (Å²) in [6.07, 6.45) is 4.01. The molecular formula is C15H20N2O5S. The smallest absolute Gasteiger partial charge is 0.354 e. The van der Waals surface area contributed by atoms with Crippen LogP contribution in [0.2, 0.25) is 0 Å². The van der Waals surface area contributed by atoms with E-state index in [2.05, 4.69) is 4.98 Å². The van der Waals surface area contributed by atoms with E-state index < -0.39 is 33.0 Å². The van der Waals surface area contributed by atoms with Crippen LogP contribution in [0.15, 0.2) is 18.2 Å². The Bertz CT molecular complexity index is 716. The minimum Gasteiger partial charge on any atom is -0.477 e. The van der Waals surface area contributed by atoms with Crippen molar-refractivity contribution in [1.29, 1.82) is 0 Å². The standard InChI is InChI=1S/C15H20N2O5S/c1-17(12-8-3-4-9-13(12)23(2,21)22)14(18)10-6-5-7-11(16-10)15(19)20/h5-7,12-13H,3-4,8-9H2,1-2H3,(H,19,20)/t12-,13+/m1/s1. The Kier molecular flexibility index (Phi) is 5.03. The number of carbonyl (C=O) groups excluding carboxylic acids is 1. The summed E-state index contributed by atoms with van der Waals surface area (Å²) in [6, 6.07) is 3.77. The van der Waals surface area contributed by atoms with Gasteiger partial charge >= 0.3 is 5.97 Å². The number of pyridine rings is 1. The molecule has 1 aromatic rings. The third kappa shape index (κ3) is 3.87. The van der Waals surface area contributed by atoms with Crippen LogP contribution in [-0.4, -0.2) is 59.9 Å². The third-order valence-corrected chi connectivity index (χ3v) is 5.87. The molecule has 7 nitrogen and oxygen atoms in total. The highest BCUT2D eigenvalue weighted by molar-refractivity contribution is 7.91. The number of carboxylic acids is 1. The van der Waals surface area contributed by atoms with Crippen molar-refractivity contribution in [1.82, 2.24) is 9.88 Å². The van der Waals surface area contributed by atoms with Gasteiger partial charge in [-0.2, -0.15) is 0 Å². The SMILES string of the molecule is CN(C(=O)c1cccc(C(=O)O)n1)[C@@H]1CCCC[C@@H]1S(C)(=O)=O. The molecule has 23 heavy (non-hydrogen) atoms. The average Bonchev–Trinajstić information content (AvgIpc) is 2.52. The van der Waals surface area contributed by atoms with Crippen molar-refractivity contribution in [2.45, 2.75) is 37.0 Å². The zero-order valence-corrected chi connectivity index (χ0v) is 13.9. The molecule has 1 N–H and O–H groups in total. The summed E-state index contributed by atoms with van der Waals surface area (Å²) < 4.78 is 23.9. The van der Waals surface area contributed by atoms with Crippen LogP contribution in [0.3, 0.4) is 0 Å². The molecule has 1 fully saturated rings. The minimum atomic E-state index is -3.27. The van der Waals surface area contributed by atoms with Gasteiger partial charge in [0.2, 0.25) is 0 Å². The van der Waals surface area contributed by atoms with Gasteiger partial charge in [0, 0.05) is 19.3 Å². The van der Waals surface area contributed by atoms with Gasteiger partial charge in [-0.1, -0.05) is 18.9 Å². The van der Waals surface area contributed by atoms with Gasteiger partial charge in [0.1, 0.15) is 11.4 Å². The number of aromatic carboxylic acids is 1. The largest absolute Gasteiger partial charge is 0.477 e. The first-order valence-electron chi connectivity index (χ1n) is 7.38. The van der Waals surface area contributed by atoms with Crippen LogP contribution in [-0.2, 0) is 9.84 Å². The fraction of sp³-hybridized carbons (Fsp3) is 0.533. The van der Waals surface area contributed by atoms with Gasteiger partial charge in [0.05, 0.1) is 5.25 Å². The molecule has 1 aliphatic rings. The molecule has 1 heterocycles. The molecule has 2 rings (SSSR count). The Hall–Kier alpha value is -1.96. The summed E-state index contributed by atoms with van der Waals surface area (Å²) in [5.41, 5.74) is -0.210. The highest BCUT2D eigenvalue weighted by atomic mass is 32.2. The number of hydrogen-bond acceptors (Lipinski definition) is 5. The number of hydrogen-bond donors (Lipinski definition) is 1. The van der Waals surface area contributed by atoms with E-state index in [1.165, 1.54) is 29.4 Å². The maximum absolute atomic E-state index is 12.6. The minimum absolute atomic E-state index is 0.00484. The summed E-state index contributed by atoms with van der Waals surface area (Å²) in [7, 11) is -1.72. The van der Waals surface area contributed by atoms with Crippen LogP contribution in [0.1, 0.15) is 46.7 Å². The molecule has 1 aromatic heterocycles. The van der Waals surface area contributed by atoms with E-state index in [4.69, 9.17) is 5.11 Å². The molecule has 0 bridgehead atoms. The van der Waals surface area contributed by atoms with Crippen LogP contribution in [0, 0.1) is 0 Å². The third-order valence-electron chi connectivity index (χ3n) is 4.22. The second kappa shape index (κ2) is 6.66. The maximum atomic E-state index is 12.6. The highest BCUT2D eigenvalue weighted by Crippen LogP contribution is 2.28. The molecule has 0 radical (unpaired) electrons. The van der Waals surface area contributed by atoms with Crippen molar-refractivity contribution in [2.75, 3.05) is 13.3 Å². The van der Waals surface area contributed by atoms with E-state index in [0.717, 1.165) is 12.8 Å². The molecule has 0 saturated heterocycles. The Morgan fingerprint density at radius 2 is 1.83 bits per heavy atom. The van der Waals surface area contributed by atoms with Gasteiger partial charge in [-0.05, 0) is 25.0 Å². The van der Waals surface area contributed by atoms with Crippen LogP contribution >= 0.6 is 0 Å². The van der Waals surface area contributed by atoms with Gasteiger partial charge in [0.15, 0.2) is 9.84 Å². The zero-order chi connectivity index (χ0) is 17.2. The molecular weight excluding hydrogens is 320 g/mol. The van der Waals surface area contributed by atoms with E-state index in [1.54, 1.807) is 7.05 Å². The Balaban J connectivity index is 2.27. The second-order valence-electron chi connectivity index (χ2n) is 5.85. The molecule has 8 heteroatoms. The number of nitrogens with zero attached hydrogens (tertiary/aromatic N) is 2. The number of amides is 1. The fourth-order valence-electron chi connectivity index (χ4n) is 3.02. The Morgan fingerprint density at radius 3 is 2.43 bits per heavy atom. The van der Waals surface area contributed by atoms with Gasteiger partial charge in [-0.15, -0.1) is 0 Å². The zero-order valence-electron chi connectivity index (χ0n) is 13.1. The lowest BCUT2D eigenvalue weighted by Crippen LogP contribution is -2.49. The van der Waals surface area contributed by atoms with Gasteiger partial charge in [-0.25, -0.2) is 18.2 Å². The van der Waals surface area contributed by atoms with Crippen molar-refractivity contribution in [3.8, 4) is 0 Å². The molecule has 1 saturated carbocycles. The van der Waals surface area contributed by atoms with Crippen molar-refractivity contribution < 1.29 is 23.1 Å². The average molecular weight is 340 g/mol. The monoisotopic (exact) mass is 340 g/mol. The van der Waals surface area contributed by atoms with Crippen LogP contribution in [0.25, 0.3) is 0 Å². The van der Waals surface area contributed by atoms with E-state index in [9.17, 15) is 18.0 Å². The summed E-state index contributed by atoms with van der Waals surface area (Å²) in [6.45, 7) is 0. The first-order valence-corrected chi connectivity index (χ1v) is 9.33. The van der Waals surface area contributed by atoms with Crippen LogP contribution < -0.4 is 0 Å². The van der Waals surface area contributed by atoms with Crippen molar-refractivity contribution in [3.63, 3.8) is 0 Å². The van der Waals surface area contributed by atoms with E-state index in [0.29, 0.717) is 12.8 Å². The summed E-state index contributed by atoms with van der Waals surface area (Å²) >= 11 is 0. The predicted octanol–water partition coefficient (Wildman–Crippen LogP) is 1.21. The van der Waals surface area contributed by atoms with Gasteiger partial charge in [-0.3, -0.25) is 4.79 Å². The number of sulfone groups is 1. The summed E-state index contributed by atoms with van der Waals surface area (Å²) in [5, 5.41) is 8.37. The van der Waals surface area contributed by atoms with E-state index in [1.807, 2.05) is 0 Å². The lowest BCUT2D eigenvalue weighted by atomic mass is 9.93. The Labute approximate surface area is 135 Å². The highest BCUT2D eigenvalue weighted by Gasteiger charge is 2.37. The lowest BCUT2D eigenvalue weighted by Gasteiger charge is -2.36. The van der Waals surface area contributed by atoms with Gasteiger partial charge in [0.25, 0.3) is 5.91 Å². The van der Waals surface area contributed by atoms with Crippen molar-refractivity contribution in [3.05, 3.63) is 29.6 Å². The molecule has 0 spiro atoms. The first kappa shape index (κ1) is 17.4. The molecule has 1 aliphatic carbocycles. The first-order chi connectivity index (χ1) is 10.7.